The maximum Gasteiger partial charge on any atom is 0.407 e. The average Bonchev–Trinajstić information content (AvgIpc) is 4.13. The number of fused-ring (bicyclic) bond motifs is 1. The van der Waals surface area contributed by atoms with Crippen molar-refractivity contribution in [3.63, 3.8) is 0 Å². The van der Waals surface area contributed by atoms with Gasteiger partial charge in [0, 0.05) is 89.6 Å². The third kappa shape index (κ3) is 14.3. The first-order valence-corrected chi connectivity index (χ1v) is 30.2. The number of aliphatic hydroxyl groups is 1. The van der Waals surface area contributed by atoms with Crippen LogP contribution in [0.4, 0.5) is 10.5 Å². The summed E-state index contributed by atoms with van der Waals surface area (Å²) >= 11 is 0. The molecule has 2 aliphatic heterocycles. The summed E-state index contributed by atoms with van der Waals surface area (Å²) in [6.07, 6.45) is 5.55. The number of aliphatic hydroxyl groups excluding tert-OH is 1. The van der Waals surface area contributed by atoms with E-state index < -0.39 is 65.3 Å². The van der Waals surface area contributed by atoms with Crippen LogP contribution in [0.15, 0.2) is 30.5 Å². The summed E-state index contributed by atoms with van der Waals surface area (Å²) in [5.74, 6) is -1.00. The summed E-state index contributed by atoms with van der Waals surface area (Å²) in [5, 5.41) is 25.5. The number of aromatic nitrogens is 2. The number of pyridine rings is 1. The summed E-state index contributed by atoms with van der Waals surface area (Å²) in [6.45, 7) is 25.6. The molecule has 2 unspecified atom stereocenters. The van der Waals surface area contributed by atoms with E-state index in [-0.39, 0.29) is 38.9 Å². The number of hydrazine groups is 1. The van der Waals surface area contributed by atoms with Crippen LogP contribution in [-0.2, 0) is 43.0 Å². The van der Waals surface area contributed by atoms with Crippen LogP contribution in [0.3, 0.4) is 0 Å². The van der Waals surface area contributed by atoms with Crippen molar-refractivity contribution < 1.29 is 43.0 Å². The second kappa shape index (κ2) is 23.6. The summed E-state index contributed by atoms with van der Waals surface area (Å²) in [4.78, 5) is 50.0. The number of amides is 2. The normalized spacial score (nSPS) is 19.2. The van der Waals surface area contributed by atoms with Gasteiger partial charge in [0.25, 0.3) is 5.91 Å². The average molecular weight is 1010 g/mol. The van der Waals surface area contributed by atoms with Gasteiger partial charge in [-0.05, 0) is 121 Å². The van der Waals surface area contributed by atoms with Crippen LogP contribution in [0.5, 0.6) is 5.75 Å². The molecule has 17 nitrogen and oxygen atoms in total. The molecule has 4 heterocycles. The first-order chi connectivity index (χ1) is 33.0. The molecule has 2 amide bonds. The van der Waals surface area contributed by atoms with Gasteiger partial charge in [-0.25, -0.2) is 19.2 Å². The highest BCUT2D eigenvalue weighted by Gasteiger charge is 2.39. The number of hydrogen-bond acceptors (Lipinski definition) is 12. The van der Waals surface area contributed by atoms with Crippen LogP contribution in [0, 0.1) is 5.41 Å². The molecule has 3 aromatic rings. The number of nitrogens with zero attached hydrogens (tertiary/aromatic N) is 5. The van der Waals surface area contributed by atoms with Crippen LogP contribution < -0.4 is 25.1 Å². The van der Waals surface area contributed by atoms with Gasteiger partial charge in [0.1, 0.15) is 17.8 Å². The highest BCUT2D eigenvalue weighted by molar-refractivity contribution is 7.84. The van der Waals surface area contributed by atoms with E-state index in [1.807, 2.05) is 40.0 Å². The number of carboxylic acids is 1. The molecular formula is C51H82N8O9SSi. The van der Waals surface area contributed by atoms with Crippen molar-refractivity contribution in [2.24, 2.45) is 5.41 Å². The predicted octanol–water partition coefficient (Wildman–Crippen LogP) is 6.87. The molecule has 390 valence electrons. The molecule has 0 spiro atoms. The summed E-state index contributed by atoms with van der Waals surface area (Å²) in [7, 11) is -1.49. The molecule has 2 saturated heterocycles. The minimum Gasteiger partial charge on any atom is -0.494 e. The summed E-state index contributed by atoms with van der Waals surface area (Å²) < 4.78 is 36.6. The van der Waals surface area contributed by atoms with Gasteiger partial charge < -0.3 is 39.2 Å². The topological polar surface area (TPSA) is 200 Å². The largest absolute Gasteiger partial charge is 0.494 e. The van der Waals surface area contributed by atoms with Gasteiger partial charge in [-0.15, -0.1) is 0 Å². The van der Waals surface area contributed by atoms with Crippen LogP contribution in [0.1, 0.15) is 104 Å². The van der Waals surface area contributed by atoms with Gasteiger partial charge >= 0.3 is 12.1 Å². The minimum absolute atomic E-state index is 0.00989. The Morgan fingerprint density at radius 3 is 2.34 bits per heavy atom. The van der Waals surface area contributed by atoms with Gasteiger partial charge in [0.15, 0.2) is 0 Å². The van der Waals surface area contributed by atoms with Crippen LogP contribution in [0.2, 0.25) is 25.7 Å². The maximum absolute atomic E-state index is 14.4. The first-order valence-electron chi connectivity index (χ1n) is 25.4. The number of rotatable bonds is 23. The lowest BCUT2D eigenvalue weighted by atomic mass is 9.84. The molecule has 70 heavy (non-hydrogen) atoms. The van der Waals surface area contributed by atoms with E-state index in [4.69, 9.17) is 19.2 Å². The monoisotopic (exact) mass is 1010 g/mol. The lowest BCUT2D eigenvalue weighted by Crippen LogP contribution is -2.64. The second-order valence-corrected chi connectivity index (χ2v) is 29.9. The molecule has 5 N–H and O–H groups in total. The van der Waals surface area contributed by atoms with Gasteiger partial charge in [0.05, 0.1) is 58.3 Å². The zero-order valence-corrected chi connectivity index (χ0v) is 45.5. The van der Waals surface area contributed by atoms with Gasteiger partial charge in [0.2, 0.25) is 0 Å². The quantitative estimate of drug-likeness (QED) is 0.0488. The Morgan fingerprint density at radius 2 is 1.73 bits per heavy atom. The van der Waals surface area contributed by atoms with E-state index >= 15 is 0 Å². The second-order valence-electron chi connectivity index (χ2n) is 22.3. The van der Waals surface area contributed by atoms with Crippen molar-refractivity contribution in [2.45, 2.75) is 161 Å². The first kappa shape index (κ1) is 55.2. The number of benzene rings is 1. The van der Waals surface area contributed by atoms with E-state index in [1.54, 1.807) is 7.11 Å². The molecule has 2 aromatic heterocycles. The van der Waals surface area contributed by atoms with Gasteiger partial charge in [-0.3, -0.25) is 24.5 Å². The molecule has 3 fully saturated rings. The number of methoxy groups -OCH3 is 1. The number of anilines is 1. The minimum atomic E-state index is -1.65. The lowest BCUT2D eigenvalue weighted by Gasteiger charge is -2.37. The number of aryl methyl sites for hydroxylation is 1. The third-order valence-electron chi connectivity index (χ3n) is 13.7. The standard InChI is InChI=1S/C51H82N8O9SSi/c1-12-58-43-20-19-37(30-38(43)40(31-51(6,7)33-60)46(58)39-29-36(32-52-44(39)34(2)66-8)57-24-22-56(23-25-57)35-17-18-35)67-26-14-16-41(55-69(65)50(3,4)5)45(53-49(64)68-27-28-70(9,10)11)47(61)59-21-13-15-42(54-59)48(62)63/h19-20,29-30,32,34-35,41-42,45,54-55,60H,12-18,21-28,31,33H2,1-11H3,(H,53,64)(H,62,63)/t34-,41-,42?,45-,69?/m0/s1. The number of nitrogens with one attached hydrogen (secondary N) is 3. The number of carboxylic acid groups (broad SMARTS) is 1. The third-order valence-corrected chi connectivity index (χ3v) is 17.0. The summed E-state index contributed by atoms with van der Waals surface area (Å²) in [6, 6.07) is 6.78. The maximum atomic E-state index is 14.4. The van der Waals surface area contributed by atoms with Crippen LogP contribution in [0.25, 0.3) is 22.2 Å². The Labute approximate surface area is 419 Å². The molecule has 0 radical (unpaired) electrons. The van der Waals surface area contributed by atoms with E-state index in [0.29, 0.717) is 38.0 Å². The SMILES string of the molecule is CCn1c(-c2cc(N3CCN(C4CC4)CC3)cnc2[C@H](C)OC)c(CC(C)(C)CO)c2cc(OCCC[C@H](NS(=O)C(C)(C)C)[C@H](NC(=O)OCC[Si](C)(C)C)C(=O)N3CCCC(C(=O)O)N3)ccc21. The van der Waals surface area contributed by atoms with E-state index in [2.05, 4.69) is 88.4 Å². The van der Waals surface area contributed by atoms with Crippen molar-refractivity contribution in [1.29, 1.82) is 0 Å². The fraction of sp³-hybridized carbons (Fsp3) is 0.686. The molecule has 3 aliphatic rings. The molecule has 6 rings (SSSR count). The molecule has 5 atom stereocenters. The Hall–Kier alpha value is -4.11. The molecule has 1 aliphatic carbocycles. The van der Waals surface area contributed by atoms with E-state index in [1.165, 1.54) is 17.9 Å². The number of carbonyl (C=O) groups is 3. The smallest absolute Gasteiger partial charge is 0.407 e. The molecule has 19 heteroatoms. The Kier molecular flexibility index (Phi) is 18.6. The van der Waals surface area contributed by atoms with E-state index in [0.717, 1.165) is 77.4 Å². The highest BCUT2D eigenvalue weighted by atomic mass is 32.2. The predicted molar refractivity (Wildman–Crippen MR) is 279 cm³/mol. The highest BCUT2D eigenvalue weighted by Crippen LogP contribution is 2.43. The molecule has 1 aromatic carbocycles. The number of aliphatic carboxylic acids is 1. The van der Waals surface area contributed by atoms with E-state index in [9.17, 15) is 28.8 Å². The van der Waals surface area contributed by atoms with Crippen LogP contribution in [-0.4, -0.2) is 148 Å². The van der Waals surface area contributed by atoms with Crippen molar-refractivity contribution in [3.05, 3.63) is 41.7 Å². The molecule has 0 bridgehead atoms. The molecule has 1 saturated carbocycles. The number of hydrogen-bond donors (Lipinski definition) is 5. The number of carbonyl (C=O) groups excluding carboxylic acids is 2. The Morgan fingerprint density at radius 1 is 1.01 bits per heavy atom. The fourth-order valence-electron chi connectivity index (χ4n) is 9.24. The van der Waals surface area contributed by atoms with Gasteiger partial charge in [-0.2, -0.15) is 0 Å². The number of piperazine rings is 1. The summed E-state index contributed by atoms with van der Waals surface area (Å²) in [5.41, 5.74) is 8.46. The Bertz CT molecular complexity index is 2300. The van der Waals surface area contributed by atoms with Crippen molar-refractivity contribution in [1.82, 2.24) is 34.9 Å². The van der Waals surface area contributed by atoms with Crippen molar-refractivity contribution in [2.75, 3.05) is 64.6 Å². The zero-order valence-electron chi connectivity index (χ0n) is 43.7. The zero-order chi connectivity index (χ0) is 51.1. The van der Waals surface area contributed by atoms with Gasteiger partial charge in [-0.1, -0.05) is 33.5 Å². The number of ether oxygens (including phenoxy) is 3. The number of alkyl carbamates (subject to hydrolysis) is 1. The molecular weight excluding hydrogens is 929 g/mol. The van der Waals surface area contributed by atoms with Crippen molar-refractivity contribution in [3.8, 4) is 17.0 Å². The lowest BCUT2D eigenvalue weighted by molar-refractivity contribution is -0.148. The fourth-order valence-corrected chi connectivity index (χ4v) is 10.8. The van der Waals surface area contributed by atoms with Crippen molar-refractivity contribution >= 4 is 53.6 Å². The Balaban J connectivity index is 1.30. The van der Waals surface area contributed by atoms with Crippen LogP contribution >= 0.6 is 0 Å².